The largest absolute Gasteiger partial charge is 0.489 e. The third kappa shape index (κ3) is 5.89. The molecule has 2 unspecified atom stereocenters. The Morgan fingerprint density at radius 3 is 2.35 bits per heavy atom. The summed E-state index contributed by atoms with van der Waals surface area (Å²) in [5, 5.41) is 9.86. The molecule has 0 fully saturated rings. The maximum absolute atomic E-state index is 13.1. The number of nitriles is 1. The van der Waals surface area contributed by atoms with Crippen molar-refractivity contribution in [3.63, 3.8) is 0 Å². The van der Waals surface area contributed by atoms with Crippen molar-refractivity contribution in [3.8, 4) is 29.1 Å². The molecule has 0 radical (unpaired) electrons. The Morgan fingerprint density at radius 2 is 1.65 bits per heavy atom. The van der Waals surface area contributed by atoms with Gasteiger partial charge in [0.2, 0.25) is 5.88 Å². The standard InChI is InChI=1S/C32H25FN2O5/c1-20(38-25-13-9-23(33)10-14-25)32(36)39-26-15-16-27-29(17-26)40-31(35)28(18-34)30(27)22-7-11-24(12-8-22)37-19-21-5-3-2-4-6-21/h2-17,20,30H,19,35H2,1H3. The van der Waals surface area contributed by atoms with Gasteiger partial charge < -0.3 is 24.7 Å². The first-order chi connectivity index (χ1) is 19.4. The fraction of sp³-hybridized carbons (Fsp3) is 0.125. The van der Waals surface area contributed by atoms with E-state index in [0.29, 0.717) is 29.4 Å². The molecule has 1 aliphatic rings. The Hall–Kier alpha value is -5.29. The molecule has 200 valence electrons. The summed E-state index contributed by atoms with van der Waals surface area (Å²) >= 11 is 0. The Morgan fingerprint density at radius 1 is 0.975 bits per heavy atom. The lowest BCUT2D eigenvalue weighted by molar-refractivity contribution is -0.141. The number of carbonyl (C=O) groups is 1. The number of nitrogens with zero attached hydrogens (tertiary/aromatic N) is 1. The molecule has 1 aliphatic heterocycles. The van der Waals surface area contributed by atoms with Crippen LogP contribution in [0.4, 0.5) is 4.39 Å². The third-order valence-electron chi connectivity index (χ3n) is 6.33. The van der Waals surface area contributed by atoms with Crippen LogP contribution in [0, 0.1) is 17.1 Å². The monoisotopic (exact) mass is 536 g/mol. The number of esters is 1. The zero-order valence-corrected chi connectivity index (χ0v) is 21.5. The fourth-order valence-corrected chi connectivity index (χ4v) is 4.30. The van der Waals surface area contributed by atoms with E-state index in [1.54, 1.807) is 18.2 Å². The molecule has 0 saturated heterocycles. The van der Waals surface area contributed by atoms with Crippen molar-refractivity contribution in [1.82, 2.24) is 0 Å². The fourth-order valence-electron chi connectivity index (χ4n) is 4.30. The average molecular weight is 537 g/mol. The first kappa shape index (κ1) is 26.3. The van der Waals surface area contributed by atoms with E-state index >= 15 is 0 Å². The number of rotatable bonds is 8. The van der Waals surface area contributed by atoms with E-state index in [0.717, 1.165) is 11.1 Å². The quantitative estimate of drug-likeness (QED) is 0.218. The zero-order chi connectivity index (χ0) is 28.1. The number of nitrogens with two attached hydrogens (primary N) is 1. The van der Waals surface area contributed by atoms with Crippen LogP contribution in [0.15, 0.2) is 109 Å². The topological polar surface area (TPSA) is 104 Å². The van der Waals surface area contributed by atoms with Crippen LogP contribution in [-0.4, -0.2) is 12.1 Å². The lowest BCUT2D eigenvalue weighted by atomic mass is 9.83. The predicted octanol–water partition coefficient (Wildman–Crippen LogP) is 6.00. The summed E-state index contributed by atoms with van der Waals surface area (Å²) < 4.78 is 35.8. The van der Waals surface area contributed by atoms with Crippen LogP contribution in [0.3, 0.4) is 0 Å². The number of hydrogen-bond donors (Lipinski definition) is 1. The number of hydrogen-bond acceptors (Lipinski definition) is 7. The summed E-state index contributed by atoms with van der Waals surface area (Å²) in [7, 11) is 0. The molecule has 0 bridgehead atoms. The summed E-state index contributed by atoms with van der Waals surface area (Å²) in [4.78, 5) is 12.6. The van der Waals surface area contributed by atoms with Crippen molar-refractivity contribution in [2.45, 2.75) is 25.6 Å². The smallest absolute Gasteiger partial charge is 0.352 e. The van der Waals surface area contributed by atoms with Gasteiger partial charge in [-0.1, -0.05) is 48.5 Å². The minimum Gasteiger partial charge on any atom is -0.489 e. The first-order valence-corrected chi connectivity index (χ1v) is 12.5. The molecule has 0 spiro atoms. The van der Waals surface area contributed by atoms with Crippen molar-refractivity contribution in [1.29, 1.82) is 5.26 Å². The van der Waals surface area contributed by atoms with Crippen LogP contribution < -0.4 is 24.7 Å². The molecule has 1 heterocycles. The molecule has 2 atom stereocenters. The van der Waals surface area contributed by atoms with Crippen molar-refractivity contribution in [2.75, 3.05) is 0 Å². The molecular weight excluding hydrogens is 511 g/mol. The number of allylic oxidation sites excluding steroid dienone is 1. The summed E-state index contributed by atoms with van der Waals surface area (Å²) in [6.07, 6.45) is -0.951. The molecule has 8 heteroatoms. The van der Waals surface area contributed by atoms with Crippen LogP contribution >= 0.6 is 0 Å². The van der Waals surface area contributed by atoms with Gasteiger partial charge in [-0.25, -0.2) is 9.18 Å². The molecule has 0 aromatic heterocycles. The minimum atomic E-state index is -0.951. The maximum Gasteiger partial charge on any atom is 0.352 e. The highest BCUT2D eigenvalue weighted by molar-refractivity contribution is 5.77. The highest BCUT2D eigenvalue weighted by Crippen LogP contribution is 2.43. The lowest BCUT2D eigenvalue weighted by Gasteiger charge is -2.27. The van der Waals surface area contributed by atoms with Gasteiger partial charge in [-0.15, -0.1) is 0 Å². The Bertz CT molecular complexity index is 1580. The van der Waals surface area contributed by atoms with Crippen LogP contribution in [0.1, 0.15) is 29.5 Å². The van der Waals surface area contributed by atoms with Crippen molar-refractivity contribution >= 4 is 5.97 Å². The molecular formula is C32H25FN2O5. The minimum absolute atomic E-state index is 0.0270. The Balaban J connectivity index is 1.32. The molecule has 0 aliphatic carbocycles. The maximum atomic E-state index is 13.1. The molecule has 2 N–H and O–H groups in total. The number of halogens is 1. The second-order valence-corrected chi connectivity index (χ2v) is 9.10. The van der Waals surface area contributed by atoms with E-state index < -0.39 is 23.8 Å². The van der Waals surface area contributed by atoms with Gasteiger partial charge in [0.25, 0.3) is 0 Å². The van der Waals surface area contributed by atoms with E-state index in [1.165, 1.54) is 31.2 Å². The lowest BCUT2D eigenvalue weighted by Crippen LogP contribution is -2.28. The zero-order valence-electron chi connectivity index (χ0n) is 21.5. The molecule has 0 amide bonds. The normalized spacial score (nSPS) is 14.8. The molecule has 0 saturated carbocycles. The van der Waals surface area contributed by atoms with Gasteiger partial charge in [0.1, 0.15) is 47.1 Å². The molecule has 7 nitrogen and oxygen atoms in total. The predicted molar refractivity (Wildman–Crippen MR) is 145 cm³/mol. The Kier molecular flexibility index (Phi) is 7.65. The summed E-state index contributed by atoms with van der Waals surface area (Å²) in [6.45, 7) is 1.97. The van der Waals surface area contributed by atoms with Crippen LogP contribution in [-0.2, 0) is 11.4 Å². The highest BCUT2D eigenvalue weighted by Gasteiger charge is 2.31. The third-order valence-corrected chi connectivity index (χ3v) is 6.33. The summed E-state index contributed by atoms with van der Waals surface area (Å²) in [5.41, 5.74) is 8.97. The Labute approximate surface area is 230 Å². The van der Waals surface area contributed by atoms with Gasteiger partial charge in [0, 0.05) is 11.6 Å². The van der Waals surface area contributed by atoms with Crippen molar-refractivity contribution in [2.24, 2.45) is 5.73 Å². The van der Waals surface area contributed by atoms with E-state index in [4.69, 9.17) is 24.7 Å². The van der Waals surface area contributed by atoms with Gasteiger partial charge in [-0.2, -0.15) is 5.26 Å². The highest BCUT2D eigenvalue weighted by atomic mass is 19.1. The van der Waals surface area contributed by atoms with E-state index in [9.17, 15) is 14.4 Å². The molecule has 40 heavy (non-hydrogen) atoms. The van der Waals surface area contributed by atoms with Crippen LogP contribution in [0.2, 0.25) is 0 Å². The second kappa shape index (κ2) is 11.6. The van der Waals surface area contributed by atoms with E-state index in [2.05, 4.69) is 6.07 Å². The summed E-state index contributed by atoms with van der Waals surface area (Å²) in [5.74, 6) is 0.0381. The van der Waals surface area contributed by atoms with Gasteiger partial charge in [-0.3, -0.25) is 0 Å². The van der Waals surface area contributed by atoms with Crippen LogP contribution in [0.25, 0.3) is 0 Å². The number of ether oxygens (including phenoxy) is 4. The van der Waals surface area contributed by atoms with Crippen molar-refractivity contribution in [3.05, 3.63) is 131 Å². The van der Waals surface area contributed by atoms with Gasteiger partial charge in [0.15, 0.2) is 6.10 Å². The van der Waals surface area contributed by atoms with Crippen molar-refractivity contribution < 1.29 is 28.1 Å². The van der Waals surface area contributed by atoms with Gasteiger partial charge >= 0.3 is 5.97 Å². The first-order valence-electron chi connectivity index (χ1n) is 12.5. The number of fused-ring (bicyclic) bond motifs is 1. The van der Waals surface area contributed by atoms with Gasteiger partial charge in [-0.05, 0) is 60.5 Å². The SMILES string of the molecule is CC(Oc1ccc(F)cc1)C(=O)Oc1ccc2c(c1)OC(N)=C(C#N)C2c1ccc(OCc2ccccc2)cc1. The van der Waals surface area contributed by atoms with Gasteiger partial charge in [0.05, 0.1) is 5.92 Å². The van der Waals surface area contributed by atoms with E-state index in [-0.39, 0.29) is 17.2 Å². The number of carbonyl (C=O) groups excluding carboxylic acids is 1. The molecule has 5 rings (SSSR count). The van der Waals surface area contributed by atoms with Crippen LogP contribution in [0.5, 0.6) is 23.0 Å². The second-order valence-electron chi connectivity index (χ2n) is 9.10. The van der Waals surface area contributed by atoms with E-state index in [1.807, 2.05) is 54.6 Å². The molecule has 4 aromatic rings. The molecule has 4 aromatic carbocycles. The summed E-state index contributed by atoms with van der Waals surface area (Å²) in [6, 6.07) is 29.7. The average Bonchev–Trinajstić information content (AvgIpc) is 2.97. The number of benzene rings is 4.